The first-order valence-electron chi connectivity index (χ1n) is 7.68. The van der Waals surface area contributed by atoms with Gasteiger partial charge in [0.05, 0.1) is 0 Å². The largest absolute Gasteiger partial charge is 0.285 e. The van der Waals surface area contributed by atoms with Gasteiger partial charge in [-0.3, -0.25) is 9.69 Å². The number of nitrogens with zero attached hydrogens (tertiary/aromatic N) is 1. The van der Waals surface area contributed by atoms with Crippen LogP contribution in [0.1, 0.15) is 23.1 Å². The molecule has 2 heteroatoms. The Morgan fingerprint density at radius 3 is 2.50 bits per heavy atom. The molecule has 1 aliphatic rings. The number of carbonyl (C=O) groups is 1. The quantitative estimate of drug-likeness (QED) is 0.820. The number of benzene rings is 2. The smallest absolute Gasteiger partial charge is 0.231 e. The molecule has 2 aromatic rings. The van der Waals surface area contributed by atoms with Crippen LogP contribution < -0.4 is 4.90 Å². The van der Waals surface area contributed by atoms with Gasteiger partial charge in [0.25, 0.3) is 0 Å². The number of hydrogen-bond donors (Lipinski definition) is 0. The van der Waals surface area contributed by atoms with E-state index in [1.165, 1.54) is 11.1 Å². The fourth-order valence-corrected chi connectivity index (χ4v) is 3.04. The molecule has 22 heavy (non-hydrogen) atoms. The van der Waals surface area contributed by atoms with Crippen LogP contribution in [0.15, 0.2) is 60.8 Å². The molecule has 0 radical (unpaired) electrons. The van der Waals surface area contributed by atoms with Crippen LogP contribution in [0.2, 0.25) is 0 Å². The van der Waals surface area contributed by atoms with Crippen molar-refractivity contribution in [2.45, 2.75) is 26.7 Å². The van der Waals surface area contributed by atoms with Crippen molar-refractivity contribution in [1.29, 1.82) is 0 Å². The Labute approximate surface area is 132 Å². The standard InChI is InChI=1S/C20H21NO/c1-14-7-9-17(10-8-14)12-18-13-20(22)21(16(18)3)19-6-4-5-15(2)11-19/h4-11,18H,3,12-13H2,1-2H3. The number of allylic oxidation sites excluding steroid dienone is 1. The van der Waals surface area contributed by atoms with Crippen molar-refractivity contribution in [2.75, 3.05) is 4.90 Å². The van der Waals surface area contributed by atoms with E-state index in [-0.39, 0.29) is 11.8 Å². The van der Waals surface area contributed by atoms with Crippen LogP contribution in [0, 0.1) is 19.8 Å². The first kappa shape index (κ1) is 14.6. The van der Waals surface area contributed by atoms with Gasteiger partial charge in [0.15, 0.2) is 0 Å². The highest BCUT2D eigenvalue weighted by Crippen LogP contribution is 2.35. The molecule has 112 valence electrons. The number of carbonyl (C=O) groups excluding carboxylic acids is 1. The first-order chi connectivity index (χ1) is 10.5. The van der Waals surface area contributed by atoms with Crippen LogP contribution in [0.4, 0.5) is 5.69 Å². The number of rotatable bonds is 3. The van der Waals surface area contributed by atoms with E-state index in [2.05, 4.69) is 37.8 Å². The fraction of sp³-hybridized carbons (Fsp3) is 0.250. The molecule has 1 aliphatic heterocycles. The number of hydrogen-bond acceptors (Lipinski definition) is 1. The summed E-state index contributed by atoms with van der Waals surface area (Å²) in [7, 11) is 0. The van der Waals surface area contributed by atoms with Gasteiger partial charge >= 0.3 is 0 Å². The van der Waals surface area contributed by atoms with Gasteiger partial charge in [-0.15, -0.1) is 0 Å². The second-order valence-electron chi connectivity index (χ2n) is 6.15. The Morgan fingerprint density at radius 2 is 1.82 bits per heavy atom. The average Bonchev–Trinajstić information content (AvgIpc) is 2.76. The minimum absolute atomic E-state index is 0.146. The van der Waals surface area contributed by atoms with E-state index >= 15 is 0 Å². The lowest BCUT2D eigenvalue weighted by Crippen LogP contribution is -2.22. The molecule has 1 unspecified atom stereocenters. The summed E-state index contributed by atoms with van der Waals surface area (Å²) in [6.07, 6.45) is 1.41. The summed E-state index contributed by atoms with van der Waals surface area (Å²) in [5.41, 5.74) is 5.51. The lowest BCUT2D eigenvalue weighted by Gasteiger charge is -2.20. The SMILES string of the molecule is C=C1C(Cc2ccc(C)cc2)CC(=O)N1c1cccc(C)c1. The van der Waals surface area contributed by atoms with Gasteiger partial charge in [-0.05, 0) is 43.5 Å². The van der Waals surface area contributed by atoms with Crippen molar-refractivity contribution in [3.8, 4) is 0 Å². The van der Waals surface area contributed by atoms with Crippen molar-refractivity contribution in [3.63, 3.8) is 0 Å². The van der Waals surface area contributed by atoms with Crippen LogP contribution in [-0.4, -0.2) is 5.91 Å². The third-order valence-corrected chi connectivity index (χ3v) is 4.29. The zero-order valence-electron chi connectivity index (χ0n) is 13.2. The van der Waals surface area contributed by atoms with E-state index in [9.17, 15) is 4.79 Å². The third kappa shape index (κ3) is 2.82. The van der Waals surface area contributed by atoms with Gasteiger partial charge in [0, 0.05) is 23.7 Å². The van der Waals surface area contributed by atoms with Crippen molar-refractivity contribution >= 4 is 11.6 Å². The van der Waals surface area contributed by atoms with Gasteiger partial charge in [-0.1, -0.05) is 48.5 Å². The zero-order valence-corrected chi connectivity index (χ0v) is 13.2. The molecule has 0 bridgehead atoms. The van der Waals surface area contributed by atoms with E-state index in [4.69, 9.17) is 0 Å². The minimum atomic E-state index is 0.146. The van der Waals surface area contributed by atoms with Gasteiger partial charge in [-0.2, -0.15) is 0 Å². The van der Waals surface area contributed by atoms with E-state index in [1.807, 2.05) is 31.2 Å². The maximum atomic E-state index is 12.4. The molecule has 2 aromatic carbocycles. The summed E-state index contributed by atoms with van der Waals surface area (Å²) in [6.45, 7) is 8.32. The lowest BCUT2D eigenvalue weighted by molar-refractivity contribution is -0.117. The zero-order chi connectivity index (χ0) is 15.7. The molecule has 1 heterocycles. The third-order valence-electron chi connectivity index (χ3n) is 4.29. The fourth-order valence-electron chi connectivity index (χ4n) is 3.04. The van der Waals surface area contributed by atoms with Gasteiger partial charge < -0.3 is 0 Å². The summed E-state index contributed by atoms with van der Waals surface area (Å²) < 4.78 is 0. The Bertz CT molecular complexity index is 715. The number of amides is 1. The van der Waals surface area contributed by atoms with Crippen LogP contribution in [0.5, 0.6) is 0 Å². The monoisotopic (exact) mass is 291 g/mol. The molecule has 1 fully saturated rings. The first-order valence-corrected chi connectivity index (χ1v) is 7.68. The molecular weight excluding hydrogens is 270 g/mol. The molecule has 2 nitrogen and oxygen atoms in total. The van der Waals surface area contributed by atoms with Gasteiger partial charge in [-0.25, -0.2) is 0 Å². The predicted octanol–water partition coefficient (Wildman–Crippen LogP) is 4.41. The highest BCUT2D eigenvalue weighted by Gasteiger charge is 2.34. The Balaban J connectivity index is 1.81. The Kier molecular flexibility index (Phi) is 3.84. The normalized spacial score (nSPS) is 18.1. The van der Waals surface area contributed by atoms with E-state index in [0.29, 0.717) is 6.42 Å². The van der Waals surface area contributed by atoms with Crippen LogP contribution in [-0.2, 0) is 11.2 Å². The minimum Gasteiger partial charge on any atom is -0.285 e. The molecule has 1 saturated heterocycles. The van der Waals surface area contributed by atoms with Crippen LogP contribution in [0.25, 0.3) is 0 Å². The van der Waals surface area contributed by atoms with Crippen molar-refractivity contribution in [2.24, 2.45) is 5.92 Å². The van der Waals surface area contributed by atoms with Crippen molar-refractivity contribution in [3.05, 3.63) is 77.5 Å². The molecule has 0 spiro atoms. The van der Waals surface area contributed by atoms with E-state index < -0.39 is 0 Å². The maximum absolute atomic E-state index is 12.4. The second-order valence-corrected chi connectivity index (χ2v) is 6.15. The van der Waals surface area contributed by atoms with Crippen molar-refractivity contribution in [1.82, 2.24) is 0 Å². The predicted molar refractivity (Wildman–Crippen MR) is 90.8 cm³/mol. The molecule has 1 atom stereocenters. The lowest BCUT2D eigenvalue weighted by atomic mass is 9.96. The van der Waals surface area contributed by atoms with Crippen LogP contribution >= 0.6 is 0 Å². The number of anilines is 1. The Morgan fingerprint density at radius 1 is 1.09 bits per heavy atom. The highest BCUT2D eigenvalue weighted by molar-refractivity contribution is 5.99. The summed E-state index contributed by atoms with van der Waals surface area (Å²) in [4.78, 5) is 14.2. The molecule has 3 rings (SSSR count). The summed E-state index contributed by atoms with van der Waals surface area (Å²) in [5.74, 6) is 0.337. The van der Waals surface area contributed by atoms with Crippen LogP contribution in [0.3, 0.4) is 0 Å². The van der Waals surface area contributed by atoms with E-state index in [0.717, 1.165) is 23.4 Å². The molecule has 0 N–H and O–H groups in total. The summed E-state index contributed by atoms with van der Waals surface area (Å²) >= 11 is 0. The highest BCUT2D eigenvalue weighted by atomic mass is 16.2. The average molecular weight is 291 g/mol. The number of aryl methyl sites for hydroxylation is 2. The summed E-state index contributed by atoms with van der Waals surface area (Å²) in [6, 6.07) is 16.6. The molecule has 0 aliphatic carbocycles. The topological polar surface area (TPSA) is 20.3 Å². The van der Waals surface area contributed by atoms with Gasteiger partial charge in [0.2, 0.25) is 5.91 Å². The van der Waals surface area contributed by atoms with Gasteiger partial charge in [0.1, 0.15) is 0 Å². The Hall–Kier alpha value is -2.35. The second kappa shape index (κ2) is 5.80. The molecule has 0 saturated carbocycles. The molecular formula is C20H21NO. The molecule has 0 aromatic heterocycles. The van der Waals surface area contributed by atoms with Crippen molar-refractivity contribution < 1.29 is 4.79 Å². The van der Waals surface area contributed by atoms with E-state index in [1.54, 1.807) is 4.90 Å². The molecule has 1 amide bonds. The summed E-state index contributed by atoms with van der Waals surface area (Å²) in [5, 5.41) is 0. The maximum Gasteiger partial charge on any atom is 0.231 e.